The Morgan fingerprint density at radius 1 is 1.23 bits per heavy atom. The summed E-state index contributed by atoms with van der Waals surface area (Å²) in [6.07, 6.45) is 0. The second-order valence-corrected chi connectivity index (χ2v) is 5.58. The zero-order valence-electron chi connectivity index (χ0n) is 14.5. The second kappa shape index (κ2) is 8.93. The van der Waals surface area contributed by atoms with Crippen molar-refractivity contribution in [1.29, 1.82) is 0 Å². The number of hydrogen-bond donors (Lipinski definition) is 2. The number of nitrogens with one attached hydrogen (secondary N) is 1. The molecule has 2 aromatic rings. The average Bonchev–Trinajstić information content (AvgIpc) is 3.01. The van der Waals surface area contributed by atoms with Crippen LogP contribution in [-0.2, 0) is 6.54 Å². The van der Waals surface area contributed by atoms with Gasteiger partial charge in [-0.25, -0.2) is 9.38 Å². The molecule has 140 valence electrons. The van der Waals surface area contributed by atoms with E-state index in [9.17, 15) is 4.39 Å². The molecule has 0 bridgehead atoms. The molecular formula is C18H21FIN3O3. The van der Waals surface area contributed by atoms with Gasteiger partial charge < -0.3 is 25.3 Å². The molecule has 3 N–H and O–H groups in total. The van der Waals surface area contributed by atoms with Gasteiger partial charge in [-0.2, -0.15) is 0 Å². The number of ether oxygens (including phenoxy) is 3. The molecule has 2 aromatic carbocycles. The van der Waals surface area contributed by atoms with Gasteiger partial charge in [0.15, 0.2) is 17.5 Å². The predicted octanol–water partition coefficient (Wildman–Crippen LogP) is 3.00. The summed E-state index contributed by atoms with van der Waals surface area (Å²) in [5.41, 5.74) is 7.62. The first kappa shape index (κ1) is 20.1. The highest BCUT2D eigenvalue weighted by Gasteiger charge is 2.24. The zero-order valence-corrected chi connectivity index (χ0v) is 16.8. The van der Waals surface area contributed by atoms with Gasteiger partial charge in [0.1, 0.15) is 18.2 Å². The SMILES string of the molecule is COc1ccc(CN=C(N)NC2COc3ccc(F)cc32)cc1OC.I. The average molecular weight is 473 g/mol. The van der Waals surface area contributed by atoms with Crippen LogP contribution < -0.4 is 25.3 Å². The van der Waals surface area contributed by atoms with E-state index in [0.717, 1.165) is 11.1 Å². The number of methoxy groups -OCH3 is 2. The van der Waals surface area contributed by atoms with E-state index >= 15 is 0 Å². The van der Waals surface area contributed by atoms with Crippen molar-refractivity contribution < 1.29 is 18.6 Å². The van der Waals surface area contributed by atoms with Crippen LogP contribution in [0.4, 0.5) is 4.39 Å². The summed E-state index contributed by atoms with van der Waals surface area (Å²) in [6.45, 7) is 0.758. The normalized spacial score (nSPS) is 15.5. The van der Waals surface area contributed by atoms with E-state index in [-0.39, 0.29) is 41.8 Å². The highest BCUT2D eigenvalue weighted by molar-refractivity contribution is 14.0. The van der Waals surface area contributed by atoms with Crippen molar-refractivity contribution in [3.63, 3.8) is 0 Å². The Kier molecular flexibility index (Phi) is 6.90. The molecule has 6 nitrogen and oxygen atoms in total. The molecular weight excluding hydrogens is 452 g/mol. The smallest absolute Gasteiger partial charge is 0.189 e. The van der Waals surface area contributed by atoms with Crippen LogP contribution >= 0.6 is 24.0 Å². The fourth-order valence-electron chi connectivity index (χ4n) is 2.68. The van der Waals surface area contributed by atoms with Crippen LogP contribution in [0, 0.1) is 5.82 Å². The maximum absolute atomic E-state index is 13.4. The van der Waals surface area contributed by atoms with Crippen molar-refractivity contribution in [3.8, 4) is 17.2 Å². The molecule has 1 unspecified atom stereocenters. The van der Waals surface area contributed by atoms with Crippen LogP contribution in [-0.4, -0.2) is 26.8 Å². The summed E-state index contributed by atoms with van der Waals surface area (Å²) >= 11 is 0. The Morgan fingerprint density at radius 3 is 2.73 bits per heavy atom. The lowest BCUT2D eigenvalue weighted by Gasteiger charge is -2.13. The first-order chi connectivity index (χ1) is 12.1. The van der Waals surface area contributed by atoms with Gasteiger partial charge >= 0.3 is 0 Å². The number of guanidine groups is 1. The van der Waals surface area contributed by atoms with Gasteiger partial charge in [0.25, 0.3) is 0 Å². The van der Waals surface area contributed by atoms with Gasteiger partial charge in [0, 0.05) is 5.56 Å². The molecule has 1 aliphatic heterocycles. The third-order valence-electron chi connectivity index (χ3n) is 3.95. The Morgan fingerprint density at radius 2 is 2.00 bits per heavy atom. The molecule has 3 rings (SSSR count). The molecule has 26 heavy (non-hydrogen) atoms. The highest BCUT2D eigenvalue weighted by atomic mass is 127. The van der Waals surface area contributed by atoms with E-state index in [1.165, 1.54) is 12.1 Å². The molecule has 0 amide bonds. The van der Waals surface area contributed by atoms with Crippen LogP contribution in [0.3, 0.4) is 0 Å². The Labute approximate surface area is 168 Å². The Bertz CT molecular complexity index is 801. The fourth-order valence-corrected chi connectivity index (χ4v) is 2.68. The third kappa shape index (κ3) is 4.48. The maximum atomic E-state index is 13.4. The fraction of sp³-hybridized carbons (Fsp3) is 0.278. The van der Waals surface area contributed by atoms with Crippen LogP contribution in [0.2, 0.25) is 0 Å². The minimum atomic E-state index is -0.308. The van der Waals surface area contributed by atoms with Crippen molar-refractivity contribution >= 4 is 29.9 Å². The Hall–Kier alpha value is -2.23. The summed E-state index contributed by atoms with van der Waals surface area (Å²) in [5, 5.41) is 3.06. The van der Waals surface area contributed by atoms with E-state index in [1.807, 2.05) is 18.2 Å². The highest BCUT2D eigenvalue weighted by Crippen LogP contribution is 2.32. The van der Waals surface area contributed by atoms with Crippen molar-refractivity contribution in [2.45, 2.75) is 12.6 Å². The van der Waals surface area contributed by atoms with Crippen LogP contribution in [0.1, 0.15) is 17.2 Å². The first-order valence-corrected chi connectivity index (χ1v) is 7.80. The number of benzene rings is 2. The number of hydrogen-bond acceptors (Lipinski definition) is 4. The van der Waals surface area contributed by atoms with E-state index in [2.05, 4.69) is 10.3 Å². The maximum Gasteiger partial charge on any atom is 0.189 e. The molecule has 0 aromatic heterocycles. The van der Waals surface area contributed by atoms with Gasteiger partial charge in [-0.15, -0.1) is 24.0 Å². The molecule has 0 spiro atoms. The van der Waals surface area contributed by atoms with Crippen LogP contribution in [0.15, 0.2) is 41.4 Å². The number of nitrogens with zero attached hydrogens (tertiary/aromatic N) is 1. The van der Waals surface area contributed by atoms with Crippen LogP contribution in [0.25, 0.3) is 0 Å². The van der Waals surface area contributed by atoms with E-state index < -0.39 is 0 Å². The lowest BCUT2D eigenvalue weighted by molar-refractivity contribution is 0.324. The molecule has 0 saturated heterocycles. The lowest BCUT2D eigenvalue weighted by atomic mass is 10.1. The molecule has 0 fully saturated rings. The van der Waals surface area contributed by atoms with Crippen molar-refractivity contribution in [2.24, 2.45) is 10.7 Å². The number of fused-ring (bicyclic) bond motifs is 1. The van der Waals surface area contributed by atoms with Gasteiger partial charge in [-0.1, -0.05) is 6.07 Å². The zero-order chi connectivity index (χ0) is 17.8. The van der Waals surface area contributed by atoms with E-state index in [4.69, 9.17) is 19.9 Å². The monoisotopic (exact) mass is 473 g/mol. The second-order valence-electron chi connectivity index (χ2n) is 5.58. The third-order valence-corrected chi connectivity index (χ3v) is 3.95. The first-order valence-electron chi connectivity index (χ1n) is 7.80. The Balaban J connectivity index is 0.00000243. The molecule has 1 heterocycles. The molecule has 1 aliphatic rings. The number of halogens is 2. The molecule has 0 saturated carbocycles. The number of rotatable bonds is 5. The van der Waals surface area contributed by atoms with Crippen LogP contribution in [0.5, 0.6) is 17.2 Å². The minimum Gasteiger partial charge on any atom is -0.493 e. The van der Waals surface area contributed by atoms with Gasteiger partial charge in [-0.3, -0.25) is 0 Å². The topological polar surface area (TPSA) is 78.1 Å². The quantitative estimate of drug-likeness (QED) is 0.397. The lowest BCUT2D eigenvalue weighted by Crippen LogP contribution is -2.35. The van der Waals surface area contributed by atoms with Crippen molar-refractivity contribution in [1.82, 2.24) is 5.32 Å². The van der Waals surface area contributed by atoms with Gasteiger partial charge in [0.2, 0.25) is 0 Å². The minimum absolute atomic E-state index is 0. The van der Waals surface area contributed by atoms with Crippen molar-refractivity contribution in [2.75, 3.05) is 20.8 Å². The predicted molar refractivity (Wildman–Crippen MR) is 108 cm³/mol. The largest absolute Gasteiger partial charge is 0.493 e. The summed E-state index contributed by atoms with van der Waals surface area (Å²) in [4.78, 5) is 4.32. The summed E-state index contributed by atoms with van der Waals surface area (Å²) < 4.78 is 29.4. The van der Waals surface area contributed by atoms with Gasteiger partial charge in [-0.05, 0) is 35.9 Å². The van der Waals surface area contributed by atoms with Crippen molar-refractivity contribution in [3.05, 3.63) is 53.3 Å². The molecule has 0 radical (unpaired) electrons. The van der Waals surface area contributed by atoms with E-state index in [1.54, 1.807) is 20.3 Å². The molecule has 1 atom stereocenters. The standard InChI is InChI=1S/C18H20FN3O3.HI/c1-23-16-5-3-11(7-17(16)24-2)9-21-18(20)22-14-10-25-15-6-4-12(19)8-13(14)15;/h3-8,14H,9-10H2,1-2H3,(H3,20,21,22);1H. The van der Waals surface area contributed by atoms with Gasteiger partial charge in [0.05, 0.1) is 26.8 Å². The summed E-state index contributed by atoms with van der Waals surface area (Å²) in [6, 6.07) is 9.76. The van der Waals surface area contributed by atoms with E-state index in [0.29, 0.717) is 30.4 Å². The molecule has 0 aliphatic carbocycles. The summed E-state index contributed by atoms with van der Waals surface area (Å²) in [7, 11) is 3.17. The number of aliphatic imine (C=N–C) groups is 1. The molecule has 8 heteroatoms. The summed E-state index contributed by atoms with van der Waals surface area (Å²) in [5.74, 6) is 1.90. The number of nitrogens with two attached hydrogens (primary N) is 1.